The van der Waals surface area contributed by atoms with Crippen LogP contribution in [-0.2, 0) is 16.1 Å². The van der Waals surface area contributed by atoms with E-state index in [1.807, 2.05) is 40.1 Å². The second-order valence-corrected chi connectivity index (χ2v) is 7.61. The van der Waals surface area contributed by atoms with Gasteiger partial charge in [0.2, 0.25) is 0 Å². The van der Waals surface area contributed by atoms with E-state index in [9.17, 15) is 4.79 Å². The fraction of sp³-hybridized carbons (Fsp3) is 0.474. The Bertz CT molecular complexity index is 707. The van der Waals surface area contributed by atoms with Crippen LogP contribution < -0.4 is 0 Å². The summed E-state index contributed by atoms with van der Waals surface area (Å²) in [6.45, 7) is 2.62. The third-order valence-corrected chi connectivity index (χ3v) is 5.66. The van der Waals surface area contributed by atoms with Gasteiger partial charge in [0.25, 0.3) is 5.91 Å². The minimum Gasteiger partial charge on any atom is -0.371 e. The summed E-state index contributed by atoms with van der Waals surface area (Å²) in [7, 11) is 0. The Morgan fingerprint density at radius 1 is 1.48 bits per heavy atom. The van der Waals surface area contributed by atoms with Gasteiger partial charge in [-0.2, -0.15) is 11.3 Å². The average molecular weight is 358 g/mol. The maximum absolute atomic E-state index is 12.6. The van der Waals surface area contributed by atoms with Crippen molar-refractivity contribution in [3.8, 4) is 0 Å². The first-order valence-electron chi connectivity index (χ1n) is 8.70. The molecule has 2 fully saturated rings. The van der Waals surface area contributed by atoms with Crippen LogP contribution in [-0.4, -0.2) is 47.2 Å². The van der Waals surface area contributed by atoms with Crippen LogP contribution in [0.5, 0.6) is 0 Å². The third kappa shape index (κ3) is 3.76. The summed E-state index contributed by atoms with van der Waals surface area (Å²) in [6, 6.07) is 5.82. The van der Waals surface area contributed by atoms with Crippen molar-refractivity contribution >= 4 is 17.2 Å². The molecule has 2 aliphatic heterocycles. The number of hydrogen-bond donors (Lipinski definition) is 0. The van der Waals surface area contributed by atoms with Gasteiger partial charge in [-0.05, 0) is 35.9 Å². The summed E-state index contributed by atoms with van der Waals surface area (Å²) in [6.07, 6.45) is 6.49. The van der Waals surface area contributed by atoms with E-state index in [0.717, 1.165) is 36.9 Å². The number of amides is 1. The molecule has 132 valence electrons. The second-order valence-electron chi connectivity index (χ2n) is 6.83. The Balaban J connectivity index is 1.35. The van der Waals surface area contributed by atoms with Crippen molar-refractivity contribution in [2.24, 2.45) is 0 Å². The molecule has 5 nitrogen and oxygen atoms in total. The zero-order chi connectivity index (χ0) is 17.1. The summed E-state index contributed by atoms with van der Waals surface area (Å²) in [5.41, 5.74) is 1.61. The van der Waals surface area contributed by atoms with Crippen LogP contribution in [0.1, 0.15) is 35.2 Å². The SMILES string of the molecule is O=C(c1ccsc1)N1CCC[C@]2(C[C@@H](OCc3cccnc3)CO2)C1. The molecule has 25 heavy (non-hydrogen) atoms. The van der Waals surface area contributed by atoms with Gasteiger partial charge >= 0.3 is 0 Å². The molecule has 4 rings (SSSR count). The monoisotopic (exact) mass is 358 g/mol. The number of nitrogens with zero attached hydrogens (tertiary/aromatic N) is 2. The van der Waals surface area contributed by atoms with Gasteiger partial charge in [-0.25, -0.2) is 0 Å². The molecule has 2 saturated heterocycles. The number of likely N-dealkylation sites (tertiary alicyclic amines) is 1. The highest BCUT2D eigenvalue weighted by molar-refractivity contribution is 7.08. The van der Waals surface area contributed by atoms with E-state index in [0.29, 0.717) is 19.8 Å². The zero-order valence-electron chi connectivity index (χ0n) is 14.1. The predicted octanol–water partition coefficient (Wildman–Crippen LogP) is 3.12. The van der Waals surface area contributed by atoms with Crippen molar-refractivity contribution in [3.63, 3.8) is 0 Å². The Morgan fingerprint density at radius 2 is 2.44 bits per heavy atom. The molecule has 0 unspecified atom stereocenters. The third-order valence-electron chi connectivity index (χ3n) is 4.98. The lowest BCUT2D eigenvalue weighted by atomic mass is 9.89. The van der Waals surface area contributed by atoms with Gasteiger partial charge in [-0.15, -0.1) is 0 Å². The number of aromatic nitrogens is 1. The fourth-order valence-electron chi connectivity index (χ4n) is 3.73. The fourth-order valence-corrected chi connectivity index (χ4v) is 4.36. The molecule has 0 N–H and O–H groups in total. The van der Waals surface area contributed by atoms with Crippen molar-refractivity contribution in [3.05, 3.63) is 52.5 Å². The van der Waals surface area contributed by atoms with Crippen LogP contribution in [0.2, 0.25) is 0 Å². The summed E-state index contributed by atoms with van der Waals surface area (Å²) in [5.74, 6) is 0.114. The van der Waals surface area contributed by atoms with Gasteiger partial charge in [0, 0.05) is 30.7 Å². The summed E-state index contributed by atoms with van der Waals surface area (Å²) in [5, 5.41) is 3.86. The molecule has 1 amide bonds. The second kappa shape index (κ2) is 7.23. The van der Waals surface area contributed by atoms with Crippen LogP contribution in [0.25, 0.3) is 0 Å². The number of piperidine rings is 1. The van der Waals surface area contributed by atoms with Crippen LogP contribution in [0.3, 0.4) is 0 Å². The molecule has 2 aromatic rings. The standard InChI is InChI=1S/C19H22N2O3S/c22-18(16-4-8-25-13-16)21-7-2-5-19(14-21)9-17(12-24-19)23-11-15-3-1-6-20-10-15/h1,3-4,6,8,10,13,17H,2,5,7,9,11-12,14H2/t17-,19+/m1/s1. The van der Waals surface area contributed by atoms with Crippen LogP contribution >= 0.6 is 11.3 Å². The van der Waals surface area contributed by atoms with Crippen LogP contribution in [0.15, 0.2) is 41.4 Å². The maximum atomic E-state index is 12.6. The number of thiophene rings is 1. The maximum Gasteiger partial charge on any atom is 0.254 e. The van der Waals surface area contributed by atoms with Gasteiger partial charge < -0.3 is 14.4 Å². The van der Waals surface area contributed by atoms with Gasteiger partial charge in [0.05, 0.1) is 37.0 Å². The van der Waals surface area contributed by atoms with Crippen molar-refractivity contribution in [1.82, 2.24) is 9.88 Å². The van der Waals surface area contributed by atoms with Crippen molar-refractivity contribution in [1.29, 1.82) is 0 Å². The Labute approximate surface area is 151 Å². The molecule has 1 spiro atoms. The molecule has 0 aromatic carbocycles. The predicted molar refractivity (Wildman–Crippen MR) is 95.6 cm³/mol. The van der Waals surface area contributed by atoms with E-state index in [1.165, 1.54) is 0 Å². The van der Waals surface area contributed by atoms with E-state index in [-0.39, 0.29) is 17.6 Å². The lowest BCUT2D eigenvalue weighted by molar-refractivity contribution is -0.0466. The molecule has 2 aromatic heterocycles. The van der Waals surface area contributed by atoms with Crippen molar-refractivity contribution < 1.29 is 14.3 Å². The first-order valence-corrected chi connectivity index (χ1v) is 9.64. The van der Waals surface area contributed by atoms with Gasteiger partial charge in [0.15, 0.2) is 0 Å². The van der Waals surface area contributed by atoms with E-state index >= 15 is 0 Å². The summed E-state index contributed by atoms with van der Waals surface area (Å²) in [4.78, 5) is 18.7. The number of hydrogen-bond acceptors (Lipinski definition) is 5. The molecule has 0 radical (unpaired) electrons. The molecule has 0 aliphatic carbocycles. The molecular formula is C19H22N2O3S. The first-order chi connectivity index (χ1) is 12.2. The van der Waals surface area contributed by atoms with E-state index in [2.05, 4.69) is 4.98 Å². The highest BCUT2D eigenvalue weighted by Gasteiger charge is 2.45. The van der Waals surface area contributed by atoms with Crippen molar-refractivity contribution in [2.45, 2.75) is 37.6 Å². The first kappa shape index (κ1) is 16.7. The zero-order valence-corrected chi connectivity index (χ0v) is 14.9. The van der Waals surface area contributed by atoms with Gasteiger partial charge in [-0.1, -0.05) is 6.07 Å². The number of pyridine rings is 1. The quantitative estimate of drug-likeness (QED) is 0.843. The molecule has 0 bridgehead atoms. The van der Waals surface area contributed by atoms with Crippen molar-refractivity contribution in [2.75, 3.05) is 19.7 Å². The van der Waals surface area contributed by atoms with Crippen LogP contribution in [0.4, 0.5) is 0 Å². The molecule has 6 heteroatoms. The Hall–Kier alpha value is -1.76. The average Bonchev–Trinajstić information content (AvgIpc) is 3.31. The summed E-state index contributed by atoms with van der Waals surface area (Å²) >= 11 is 1.56. The minimum absolute atomic E-state index is 0.0800. The molecule has 4 heterocycles. The Kier molecular flexibility index (Phi) is 4.83. The number of carbonyl (C=O) groups excluding carboxylic acids is 1. The lowest BCUT2D eigenvalue weighted by Gasteiger charge is -2.39. The molecule has 2 aliphatic rings. The van der Waals surface area contributed by atoms with E-state index in [4.69, 9.17) is 9.47 Å². The number of rotatable bonds is 4. The van der Waals surface area contributed by atoms with Crippen LogP contribution in [0, 0.1) is 0 Å². The topological polar surface area (TPSA) is 51.7 Å². The molecule has 2 atom stereocenters. The normalized spacial score (nSPS) is 26.2. The summed E-state index contributed by atoms with van der Waals surface area (Å²) < 4.78 is 12.2. The molecule has 0 saturated carbocycles. The lowest BCUT2D eigenvalue weighted by Crippen LogP contribution is -2.50. The largest absolute Gasteiger partial charge is 0.371 e. The van der Waals surface area contributed by atoms with E-state index in [1.54, 1.807) is 17.5 Å². The smallest absolute Gasteiger partial charge is 0.254 e. The highest BCUT2D eigenvalue weighted by Crippen LogP contribution is 2.36. The van der Waals surface area contributed by atoms with Gasteiger partial charge in [0.1, 0.15) is 0 Å². The number of ether oxygens (including phenoxy) is 2. The van der Waals surface area contributed by atoms with Gasteiger partial charge in [-0.3, -0.25) is 9.78 Å². The molecular weight excluding hydrogens is 336 g/mol. The Morgan fingerprint density at radius 3 is 3.24 bits per heavy atom. The van der Waals surface area contributed by atoms with E-state index < -0.39 is 0 Å². The highest BCUT2D eigenvalue weighted by atomic mass is 32.1. The number of carbonyl (C=O) groups is 1. The minimum atomic E-state index is -0.246.